The van der Waals surface area contributed by atoms with Gasteiger partial charge in [-0.15, -0.1) is 0 Å². The van der Waals surface area contributed by atoms with Crippen LogP contribution in [0.4, 0.5) is 5.69 Å². The predicted octanol–water partition coefficient (Wildman–Crippen LogP) is 1.48. The van der Waals surface area contributed by atoms with Crippen LogP contribution in [-0.4, -0.2) is 36.2 Å². The highest BCUT2D eigenvalue weighted by Gasteiger charge is 2.24. The number of ether oxygens (including phenoxy) is 1. The Morgan fingerprint density at radius 1 is 1.38 bits per heavy atom. The van der Waals surface area contributed by atoms with Crippen LogP contribution in [0.2, 0.25) is 0 Å². The Morgan fingerprint density at radius 2 is 2.10 bits per heavy atom. The molecule has 6 heteroatoms. The normalized spacial score (nSPS) is 21.6. The molecule has 2 rings (SSSR count). The van der Waals surface area contributed by atoms with Crippen LogP contribution in [0.5, 0.6) is 5.75 Å². The third kappa shape index (κ3) is 4.75. The van der Waals surface area contributed by atoms with Gasteiger partial charge in [0.1, 0.15) is 5.75 Å². The molecule has 1 saturated heterocycles. The summed E-state index contributed by atoms with van der Waals surface area (Å²) in [6, 6.07) is 7.06. The van der Waals surface area contributed by atoms with E-state index in [-0.39, 0.29) is 18.4 Å². The van der Waals surface area contributed by atoms with Crippen molar-refractivity contribution in [1.82, 2.24) is 5.32 Å². The van der Waals surface area contributed by atoms with Gasteiger partial charge in [0.2, 0.25) is 5.91 Å². The van der Waals surface area contributed by atoms with Gasteiger partial charge in [0, 0.05) is 17.6 Å². The molecule has 1 aromatic rings. The number of carboxylic acid groups (broad SMARTS) is 1. The SMILES string of the molecule is CC1CC(C(=O)Nc2ccc(OCC(=O)O)cc2)CCN1. The molecular weight excluding hydrogens is 272 g/mol. The van der Waals surface area contributed by atoms with Gasteiger partial charge < -0.3 is 20.5 Å². The summed E-state index contributed by atoms with van der Waals surface area (Å²) in [5.74, 6) is -0.495. The minimum atomic E-state index is -1.02. The largest absolute Gasteiger partial charge is 0.482 e. The fraction of sp³-hybridized carbons (Fsp3) is 0.467. The molecule has 0 aliphatic carbocycles. The van der Waals surface area contributed by atoms with E-state index in [1.54, 1.807) is 24.3 Å². The molecule has 0 saturated carbocycles. The van der Waals surface area contributed by atoms with Crippen molar-refractivity contribution >= 4 is 17.6 Å². The van der Waals surface area contributed by atoms with E-state index in [0.717, 1.165) is 19.4 Å². The molecule has 21 heavy (non-hydrogen) atoms. The molecule has 1 aliphatic rings. The Balaban J connectivity index is 1.87. The van der Waals surface area contributed by atoms with Gasteiger partial charge in [0.25, 0.3) is 0 Å². The van der Waals surface area contributed by atoms with Crippen molar-refractivity contribution in [2.75, 3.05) is 18.5 Å². The van der Waals surface area contributed by atoms with Crippen LogP contribution in [0.1, 0.15) is 19.8 Å². The van der Waals surface area contributed by atoms with Gasteiger partial charge in [-0.25, -0.2) is 4.79 Å². The Labute approximate surface area is 123 Å². The van der Waals surface area contributed by atoms with Crippen LogP contribution in [0.15, 0.2) is 24.3 Å². The van der Waals surface area contributed by atoms with Crippen molar-refractivity contribution in [3.8, 4) is 5.75 Å². The van der Waals surface area contributed by atoms with Crippen molar-refractivity contribution in [2.24, 2.45) is 5.92 Å². The summed E-state index contributed by atoms with van der Waals surface area (Å²) in [5, 5.41) is 14.7. The molecule has 3 N–H and O–H groups in total. The minimum Gasteiger partial charge on any atom is -0.482 e. The second-order valence-electron chi connectivity index (χ2n) is 5.27. The summed E-state index contributed by atoms with van der Waals surface area (Å²) in [5.41, 5.74) is 0.689. The molecule has 1 aromatic carbocycles. The lowest BCUT2D eigenvalue weighted by atomic mass is 9.92. The van der Waals surface area contributed by atoms with Crippen LogP contribution < -0.4 is 15.4 Å². The van der Waals surface area contributed by atoms with Crippen molar-refractivity contribution in [2.45, 2.75) is 25.8 Å². The van der Waals surface area contributed by atoms with E-state index in [9.17, 15) is 9.59 Å². The molecule has 0 spiro atoms. The highest BCUT2D eigenvalue weighted by Crippen LogP contribution is 2.20. The second kappa shape index (κ2) is 7.08. The maximum atomic E-state index is 12.2. The number of carbonyl (C=O) groups excluding carboxylic acids is 1. The molecule has 114 valence electrons. The van der Waals surface area contributed by atoms with Gasteiger partial charge in [-0.3, -0.25) is 4.79 Å². The summed E-state index contributed by atoms with van der Waals surface area (Å²) in [6.45, 7) is 2.56. The smallest absolute Gasteiger partial charge is 0.341 e. The molecule has 1 amide bonds. The fourth-order valence-electron chi connectivity index (χ4n) is 2.39. The lowest BCUT2D eigenvalue weighted by molar-refractivity contribution is -0.139. The predicted molar refractivity (Wildman–Crippen MR) is 78.4 cm³/mol. The number of nitrogens with one attached hydrogen (secondary N) is 2. The number of carbonyl (C=O) groups is 2. The summed E-state index contributed by atoms with van der Waals surface area (Å²) in [4.78, 5) is 22.6. The number of amides is 1. The molecular formula is C15H20N2O4. The van der Waals surface area contributed by atoms with Crippen LogP contribution in [-0.2, 0) is 9.59 Å². The Bertz CT molecular complexity index is 501. The molecule has 0 bridgehead atoms. The molecule has 1 fully saturated rings. The van der Waals surface area contributed by atoms with E-state index in [1.807, 2.05) is 0 Å². The number of carboxylic acids is 1. The van der Waals surface area contributed by atoms with Crippen molar-refractivity contribution in [3.05, 3.63) is 24.3 Å². The van der Waals surface area contributed by atoms with Gasteiger partial charge in [-0.05, 0) is 50.6 Å². The van der Waals surface area contributed by atoms with E-state index in [2.05, 4.69) is 17.6 Å². The molecule has 0 aromatic heterocycles. The molecule has 2 unspecified atom stereocenters. The lowest BCUT2D eigenvalue weighted by Gasteiger charge is -2.27. The summed E-state index contributed by atoms with van der Waals surface area (Å²) in [6.07, 6.45) is 1.68. The van der Waals surface area contributed by atoms with Crippen LogP contribution >= 0.6 is 0 Å². The average Bonchev–Trinajstić information content (AvgIpc) is 2.46. The average molecular weight is 292 g/mol. The van der Waals surface area contributed by atoms with Crippen LogP contribution in [0, 0.1) is 5.92 Å². The number of hydrogen-bond donors (Lipinski definition) is 3. The molecule has 2 atom stereocenters. The monoisotopic (exact) mass is 292 g/mol. The molecule has 6 nitrogen and oxygen atoms in total. The molecule has 1 aliphatic heterocycles. The minimum absolute atomic E-state index is 0.0301. The highest BCUT2D eigenvalue weighted by atomic mass is 16.5. The standard InChI is InChI=1S/C15H20N2O4/c1-10-8-11(6-7-16-10)15(20)17-12-2-4-13(5-3-12)21-9-14(18)19/h2-5,10-11,16H,6-9H2,1H3,(H,17,20)(H,18,19). The number of aliphatic carboxylic acids is 1. The molecule has 0 radical (unpaired) electrons. The lowest BCUT2D eigenvalue weighted by Crippen LogP contribution is -2.40. The maximum Gasteiger partial charge on any atom is 0.341 e. The summed E-state index contributed by atoms with van der Waals surface area (Å²) in [7, 11) is 0. The van der Waals surface area contributed by atoms with E-state index >= 15 is 0 Å². The van der Waals surface area contributed by atoms with Crippen molar-refractivity contribution < 1.29 is 19.4 Å². The Morgan fingerprint density at radius 3 is 2.71 bits per heavy atom. The first-order valence-corrected chi connectivity index (χ1v) is 7.03. The number of anilines is 1. The Kier molecular flexibility index (Phi) is 5.16. The second-order valence-corrected chi connectivity index (χ2v) is 5.27. The fourth-order valence-corrected chi connectivity index (χ4v) is 2.39. The number of hydrogen-bond acceptors (Lipinski definition) is 4. The zero-order valence-corrected chi connectivity index (χ0v) is 12.0. The summed E-state index contributed by atoms with van der Waals surface area (Å²) >= 11 is 0. The summed E-state index contributed by atoms with van der Waals surface area (Å²) < 4.78 is 5.04. The van der Waals surface area contributed by atoms with Crippen molar-refractivity contribution in [1.29, 1.82) is 0 Å². The third-order valence-corrected chi connectivity index (χ3v) is 3.48. The quantitative estimate of drug-likeness (QED) is 0.765. The van der Waals surface area contributed by atoms with Gasteiger partial charge in [-0.1, -0.05) is 0 Å². The first-order chi connectivity index (χ1) is 10.0. The van der Waals surface area contributed by atoms with E-state index < -0.39 is 5.97 Å². The van der Waals surface area contributed by atoms with E-state index in [0.29, 0.717) is 17.5 Å². The zero-order chi connectivity index (χ0) is 15.2. The number of benzene rings is 1. The first-order valence-electron chi connectivity index (χ1n) is 7.03. The maximum absolute atomic E-state index is 12.2. The number of rotatable bonds is 5. The topological polar surface area (TPSA) is 87.7 Å². The van der Waals surface area contributed by atoms with Crippen molar-refractivity contribution in [3.63, 3.8) is 0 Å². The highest BCUT2D eigenvalue weighted by molar-refractivity contribution is 5.92. The van der Waals surface area contributed by atoms with Gasteiger partial charge in [-0.2, -0.15) is 0 Å². The third-order valence-electron chi connectivity index (χ3n) is 3.48. The van der Waals surface area contributed by atoms with Crippen LogP contribution in [0.25, 0.3) is 0 Å². The zero-order valence-electron chi connectivity index (χ0n) is 12.0. The van der Waals surface area contributed by atoms with Gasteiger partial charge in [0.15, 0.2) is 6.61 Å². The van der Waals surface area contributed by atoms with Gasteiger partial charge in [0.05, 0.1) is 0 Å². The van der Waals surface area contributed by atoms with Gasteiger partial charge >= 0.3 is 5.97 Å². The first kappa shape index (κ1) is 15.3. The Hall–Kier alpha value is -2.08. The molecule has 1 heterocycles. The van der Waals surface area contributed by atoms with E-state index in [4.69, 9.17) is 9.84 Å². The van der Waals surface area contributed by atoms with Crippen LogP contribution in [0.3, 0.4) is 0 Å². The number of piperidine rings is 1. The van der Waals surface area contributed by atoms with E-state index in [1.165, 1.54) is 0 Å².